The molecule has 4 atom stereocenters. The summed E-state index contributed by atoms with van der Waals surface area (Å²) in [4.78, 5) is 47.1. The van der Waals surface area contributed by atoms with E-state index < -0.39 is 182 Å². The maximum atomic E-state index is 14.2. The van der Waals surface area contributed by atoms with Gasteiger partial charge in [-0.3, -0.25) is 0 Å². The molecule has 0 amide bonds. The molecule has 0 radical (unpaired) electrons. The van der Waals surface area contributed by atoms with Crippen LogP contribution in [0, 0.1) is 105 Å². The van der Waals surface area contributed by atoms with E-state index in [1.807, 2.05) is 0 Å². The van der Waals surface area contributed by atoms with E-state index in [0.29, 0.717) is 45.3 Å². The largest absolute Gasteiger partial charge is 1.00 e. The molecule has 4 unspecified atom stereocenters. The number of hydrogen-bond donors (Lipinski definition) is 0. The molecule has 0 aromatic heterocycles. The Bertz CT molecular complexity index is 3840. The van der Waals surface area contributed by atoms with Gasteiger partial charge >= 0.3 is 83.0 Å². The maximum absolute atomic E-state index is 14.2. The first kappa shape index (κ1) is 96.0. The quantitative estimate of drug-likeness (QED) is 0.00365. The van der Waals surface area contributed by atoms with E-state index in [9.17, 15) is 98.2 Å². The van der Waals surface area contributed by atoms with Crippen LogP contribution >= 0.6 is 89.6 Å². The Morgan fingerprint density at radius 3 is 0.600 bits per heavy atom. The fourth-order valence-electron chi connectivity index (χ4n) is 9.82. The summed E-state index contributed by atoms with van der Waals surface area (Å²) in [6.07, 6.45) is 0.145. The van der Waals surface area contributed by atoms with E-state index in [0.717, 1.165) is 0 Å². The topological polar surface area (TPSA) is 105 Å². The number of carbonyl (C=O) groups is 4. The van der Waals surface area contributed by atoms with E-state index in [1.54, 1.807) is 24.3 Å². The molecule has 0 spiro atoms. The summed E-state index contributed by atoms with van der Waals surface area (Å²) in [5, 5.41) is -5.76. The van der Waals surface area contributed by atoms with E-state index in [-0.39, 0.29) is 159 Å². The standard InChI is InChI=1S/C36H26Cl2F10O4S2.C36H28Cl2F8O4S4.2Na/c37-21(23-25(39)29(43)33(47)30(44)26(23)40)11-5-17-1-7-19(8-2-17)35(49)51-13-15-53-54-16-14-52-36(50)20-9-3-18(4-10-20)6-12-22(38)24-27(41)31(45)34(48)32(46)28(24)42;37-21(23-25(39)29(43)33(51)30(44)26(23)40)11-5-17-1-7-19(8-2-17)35(47)49-13-15-53-54-16-14-50-36(48)20-9-3-18(4-10-20)6-12-22(38)24-27(41)31(45)34(52)32(46)28(24)42;;/h1-4,7-10,21-22H,5-6,11-16H2;1-4,7-10,21-22,51-52H,5-6,11-16H2;;/q;;2*+1/p-2. The van der Waals surface area contributed by atoms with Crippen LogP contribution in [-0.2, 0) is 69.9 Å². The van der Waals surface area contributed by atoms with Gasteiger partial charge in [0.15, 0.2) is 69.8 Å². The summed E-state index contributed by atoms with van der Waals surface area (Å²) in [5.74, 6) is -34.7. The van der Waals surface area contributed by atoms with Gasteiger partial charge in [0, 0.05) is 45.3 Å². The molecule has 0 saturated heterocycles. The van der Waals surface area contributed by atoms with Crippen LogP contribution in [-0.4, -0.2) is 73.3 Å². The number of esters is 4. The fourth-order valence-corrected chi connectivity index (χ4v) is 14.7. The molecule has 0 aliphatic heterocycles. The van der Waals surface area contributed by atoms with Crippen molar-refractivity contribution in [1.82, 2.24) is 0 Å². The molecule has 580 valence electrons. The molecule has 8 aromatic carbocycles. The molecule has 0 aliphatic carbocycles. The van der Waals surface area contributed by atoms with Gasteiger partial charge in [-0.1, -0.05) is 101 Å². The minimum atomic E-state index is -2.27. The third-order valence-corrected chi connectivity index (χ3v) is 22.7. The van der Waals surface area contributed by atoms with E-state index >= 15 is 0 Å². The van der Waals surface area contributed by atoms with Crippen LogP contribution in [0.25, 0.3) is 0 Å². The molecule has 0 heterocycles. The second-order valence-electron chi connectivity index (χ2n) is 22.6. The maximum Gasteiger partial charge on any atom is 1.00 e. The van der Waals surface area contributed by atoms with Crippen LogP contribution in [0.15, 0.2) is 107 Å². The monoisotopic (exact) mass is 1760 g/mol. The summed E-state index contributed by atoms with van der Waals surface area (Å²) in [7, 11) is 5.50. The molecule has 38 heteroatoms. The molecule has 0 N–H and O–H groups in total. The molecule has 0 aliphatic rings. The molecule has 110 heavy (non-hydrogen) atoms. The molecular weight excluding hydrogens is 1710 g/mol. The minimum absolute atomic E-state index is 0. The van der Waals surface area contributed by atoms with Crippen LogP contribution in [0.3, 0.4) is 0 Å². The molecule has 8 rings (SSSR count). The second kappa shape index (κ2) is 46.2. The zero-order chi connectivity index (χ0) is 79.4. The number of alkyl halides is 4. The Kier molecular flexibility index (Phi) is 40.3. The zero-order valence-electron chi connectivity index (χ0n) is 56.9. The smallest absolute Gasteiger partial charge is 0.774 e. The van der Waals surface area contributed by atoms with E-state index in [2.05, 4.69) is 25.3 Å². The van der Waals surface area contributed by atoms with Gasteiger partial charge in [-0.2, -0.15) is 0 Å². The van der Waals surface area contributed by atoms with Crippen LogP contribution in [0.4, 0.5) is 79.0 Å². The number of rotatable bonds is 34. The van der Waals surface area contributed by atoms with Gasteiger partial charge < -0.3 is 44.2 Å². The molecule has 0 bridgehead atoms. The average molecular weight is 1770 g/mol. The molecule has 8 aromatic rings. The normalized spacial score (nSPS) is 12.2. The predicted octanol–water partition coefficient (Wildman–Crippen LogP) is 16.1. The molecule has 0 saturated carbocycles. The van der Waals surface area contributed by atoms with Gasteiger partial charge in [-0.05, 0) is 122 Å². The number of benzene rings is 8. The van der Waals surface area contributed by atoms with Crippen molar-refractivity contribution in [2.75, 3.05) is 49.4 Å². The molecule has 0 fully saturated rings. The number of aryl methyl sites for hydroxylation is 4. The summed E-state index contributed by atoms with van der Waals surface area (Å²) >= 11 is 32.8. The third-order valence-electron chi connectivity index (χ3n) is 15.5. The summed E-state index contributed by atoms with van der Waals surface area (Å²) in [6.45, 7) is 0.307. The zero-order valence-corrected chi connectivity index (χ0v) is 68.8. The Balaban J connectivity index is 0.000000387. The first-order chi connectivity index (χ1) is 51.3. The van der Waals surface area contributed by atoms with Crippen LogP contribution in [0.5, 0.6) is 0 Å². The average Bonchev–Trinajstić information content (AvgIpc) is 0.804. The van der Waals surface area contributed by atoms with Gasteiger partial charge in [-0.25, -0.2) is 98.2 Å². The molecule has 8 nitrogen and oxygen atoms in total. The van der Waals surface area contributed by atoms with E-state index in [4.69, 9.17) is 65.4 Å². The van der Waals surface area contributed by atoms with Gasteiger partial charge in [0.1, 0.15) is 49.7 Å². The fraction of sp³-hybridized carbons (Fsp3) is 0.278. The van der Waals surface area contributed by atoms with E-state index in [1.165, 1.54) is 116 Å². The van der Waals surface area contributed by atoms with Crippen molar-refractivity contribution in [3.8, 4) is 0 Å². The number of carbonyl (C=O) groups excluding carboxylic acids is 4. The van der Waals surface area contributed by atoms with Crippen molar-refractivity contribution in [3.63, 3.8) is 0 Å². The summed E-state index contributed by atoms with van der Waals surface area (Å²) in [6, 6.07) is 24.3. The van der Waals surface area contributed by atoms with Crippen LogP contribution in [0.1, 0.15) is 133 Å². The number of halogens is 22. The van der Waals surface area contributed by atoms with Crippen molar-refractivity contribution in [3.05, 3.63) is 269 Å². The van der Waals surface area contributed by atoms with Gasteiger partial charge in [0.25, 0.3) is 0 Å². The van der Waals surface area contributed by atoms with Crippen molar-refractivity contribution >= 4 is 139 Å². The first-order valence-electron chi connectivity index (χ1n) is 31.4. The predicted molar refractivity (Wildman–Crippen MR) is 381 cm³/mol. The minimum Gasteiger partial charge on any atom is -0.774 e. The summed E-state index contributed by atoms with van der Waals surface area (Å²) in [5.41, 5.74) is -0.696. The van der Waals surface area contributed by atoms with Crippen molar-refractivity contribution in [2.45, 2.75) is 82.7 Å². The van der Waals surface area contributed by atoms with Gasteiger partial charge in [0.05, 0.1) is 43.8 Å². The number of hydrogen-bond acceptors (Lipinski definition) is 14. The molecular formula is C72H52Cl4F18Na2O8S6. The Morgan fingerprint density at radius 2 is 0.427 bits per heavy atom. The van der Waals surface area contributed by atoms with Gasteiger partial charge in [0.2, 0.25) is 11.6 Å². The van der Waals surface area contributed by atoms with Crippen molar-refractivity contribution in [1.29, 1.82) is 0 Å². The van der Waals surface area contributed by atoms with Crippen molar-refractivity contribution in [2.24, 2.45) is 0 Å². The van der Waals surface area contributed by atoms with Crippen molar-refractivity contribution < 1.29 is 176 Å². The first-order valence-corrected chi connectivity index (χ1v) is 39.0. The van der Waals surface area contributed by atoms with Gasteiger partial charge in [-0.15, -0.1) is 46.4 Å². The van der Waals surface area contributed by atoms with Crippen LogP contribution < -0.4 is 59.1 Å². The SMILES string of the molecule is O=C(OCCSSCCOC(=O)c1ccc(CCC(Cl)c2c(F)c(F)c(F)c(F)c2F)cc1)c1ccc(CCC(Cl)c2c(F)c(F)c(F)c(F)c2F)cc1.O=C(OCCSSCCOC(=O)c1ccc(CCC(Cl)c2c(F)c(F)c([S-])c(F)c2F)cc1)c1ccc(CCC(Cl)c2c(F)c(F)c([S-])c(F)c2F)cc1.[Na+].[Na+]. The van der Waals surface area contributed by atoms with Crippen LogP contribution in [0.2, 0.25) is 0 Å². The number of ether oxygens (including phenoxy) is 4. The summed E-state index contributed by atoms with van der Waals surface area (Å²) < 4.78 is 270. The Morgan fingerprint density at radius 1 is 0.273 bits per heavy atom. The Labute approximate surface area is 708 Å². The third kappa shape index (κ3) is 25.7. The second-order valence-corrected chi connectivity index (χ2v) is 30.9. The Hall–Kier alpha value is -4.62.